The molecule has 0 radical (unpaired) electrons. The van der Waals surface area contributed by atoms with Gasteiger partial charge >= 0.3 is 5.97 Å². The second-order valence-corrected chi connectivity index (χ2v) is 9.00. The largest absolute Gasteiger partial charge is 0.462 e. The number of carbonyl (C=O) groups excluding carboxylic acids is 1. The van der Waals surface area contributed by atoms with Crippen LogP contribution in [0.3, 0.4) is 0 Å². The molecule has 0 rings (SSSR count). The van der Waals surface area contributed by atoms with E-state index in [1.54, 1.807) is 6.92 Å². The van der Waals surface area contributed by atoms with E-state index in [1.165, 1.54) is 0 Å². The topological polar surface area (TPSA) is 43.4 Å². The van der Waals surface area contributed by atoms with Crippen molar-refractivity contribution in [1.82, 2.24) is 0 Å². The molecule has 102 valence electrons. The van der Waals surface area contributed by atoms with E-state index in [0.29, 0.717) is 12.2 Å². The van der Waals surface area contributed by atoms with Crippen LogP contribution in [0.1, 0.15) is 40.0 Å². The van der Waals surface area contributed by atoms with E-state index in [1.807, 2.05) is 19.4 Å². The number of hydrogen-bond acceptors (Lipinski definition) is 3. The number of hydrogen-bond donors (Lipinski definition) is 1. The summed E-state index contributed by atoms with van der Waals surface area (Å²) in [6.45, 7) is 9.63. The zero-order valence-corrected chi connectivity index (χ0v) is 12.6. The lowest BCUT2D eigenvalue weighted by molar-refractivity contribution is -0.139. The van der Waals surface area contributed by atoms with Crippen LogP contribution < -0.4 is 0 Å². The van der Waals surface area contributed by atoms with Gasteiger partial charge in [0.25, 0.3) is 0 Å². The first-order chi connectivity index (χ1) is 7.64. The van der Waals surface area contributed by atoms with Gasteiger partial charge in [0.05, 0.1) is 6.61 Å². The number of thiol groups is 1. The molecule has 3 nitrogen and oxygen atoms in total. The molecule has 0 N–H and O–H groups in total. The predicted molar refractivity (Wildman–Crippen MR) is 75.1 cm³/mol. The Labute approximate surface area is 106 Å². The molecule has 0 aromatic rings. The Bertz CT molecular complexity index is 330. The van der Waals surface area contributed by atoms with Crippen molar-refractivity contribution in [2.75, 3.05) is 19.1 Å². The van der Waals surface area contributed by atoms with Gasteiger partial charge in [0.1, 0.15) is 0 Å². The van der Waals surface area contributed by atoms with E-state index in [-0.39, 0.29) is 10.7 Å². The van der Waals surface area contributed by atoms with E-state index >= 15 is 0 Å². The van der Waals surface area contributed by atoms with E-state index in [4.69, 9.17) is 4.74 Å². The molecule has 0 fully saturated rings. The molecule has 0 saturated carbocycles. The molecule has 0 aromatic carbocycles. The maximum Gasteiger partial charge on any atom is 0.333 e. The molecule has 0 amide bonds. The molecule has 0 aromatic heterocycles. The van der Waals surface area contributed by atoms with Gasteiger partial charge in [-0.3, -0.25) is 4.21 Å². The Morgan fingerprint density at radius 2 is 1.94 bits per heavy atom. The van der Waals surface area contributed by atoms with Crippen LogP contribution in [0.4, 0.5) is 0 Å². The molecule has 0 bridgehead atoms. The van der Waals surface area contributed by atoms with Crippen molar-refractivity contribution in [2.24, 2.45) is 0 Å². The normalized spacial score (nSPS) is 16.1. The zero-order chi connectivity index (χ0) is 13.7. The minimum absolute atomic E-state index is 0.150. The standard InChI is InChI=1S/C13H26O3S/c1-7-13(4,17(5,6)15)9-8-10-16-12(14)11(2)3/h17H,2,7-10H2,1,3-6H3. The Morgan fingerprint density at radius 1 is 1.41 bits per heavy atom. The van der Waals surface area contributed by atoms with Crippen LogP contribution in [0, 0.1) is 0 Å². The first-order valence-electron chi connectivity index (χ1n) is 6.02. The molecular weight excluding hydrogens is 236 g/mol. The molecule has 0 spiro atoms. The monoisotopic (exact) mass is 262 g/mol. The fourth-order valence-electron chi connectivity index (χ4n) is 1.57. The highest BCUT2D eigenvalue weighted by Gasteiger charge is 2.30. The van der Waals surface area contributed by atoms with Gasteiger partial charge in [0, 0.05) is 10.3 Å². The van der Waals surface area contributed by atoms with Gasteiger partial charge in [0.2, 0.25) is 0 Å². The SMILES string of the molecule is C=C(C)C(=O)OCCCC(C)(CC)[SH](C)(C)=O. The van der Waals surface area contributed by atoms with E-state index in [2.05, 4.69) is 13.5 Å². The molecule has 17 heavy (non-hydrogen) atoms. The van der Waals surface area contributed by atoms with Crippen molar-refractivity contribution in [3.05, 3.63) is 12.2 Å². The first-order valence-corrected chi connectivity index (χ1v) is 8.62. The molecule has 1 atom stereocenters. The van der Waals surface area contributed by atoms with Gasteiger partial charge in [-0.15, -0.1) is 9.93 Å². The van der Waals surface area contributed by atoms with Crippen LogP contribution in [0.2, 0.25) is 0 Å². The summed E-state index contributed by atoms with van der Waals surface area (Å²) >= 11 is 0. The maximum atomic E-state index is 12.2. The third kappa shape index (κ3) is 5.02. The molecule has 4 heteroatoms. The zero-order valence-electron chi connectivity index (χ0n) is 11.7. The Balaban J connectivity index is 4.15. The van der Waals surface area contributed by atoms with Gasteiger partial charge in [-0.25, -0.2) is 4.79 Å². The third-order valence-electron chi connectivity index (χ3n) is 3.50. The van der Waals surface area contributed by atoms with Gasteiger partial charge in [-0.2, -0.15) is 0 Å². The van der Waals surface area contributed by atoms with Crippen molar-refractivity contribution < 1.29 is 13.7 Å². The molecule has 0 aliphatic carbocycles. The van der Waals surface area contributed by atoms with Gasteiger partial charge in [0.15, 0.2) is 0 Å². The van der Waals surface area contributed by atoms with Crippen LogP contribution in [-0.2, 0) is 19.5 Å². The highest BCUT2D eigenvalue weighted by Crippen LogP contribution is 2.29. The second kappa shape index (κ2) is 6.34. The Hall–Kier alpha value is -0.640. The van der Waals surface area contributed by atoms with Crippen LogP contribution in [0.15, 0.2) is 12.2 Å². The summed E-state index contributed by atoms with van der Waals surface area (Å²) in [7, 11) is -2.13. The van der Waals surface area contributed by atoms with E-state index in [0.717, 1.165) is 19.3 Å². The maximum absolute atomic E-state index is 12.2. The average molecular weight is 262 g/mol. The molecule has 1 unspecified atom stereocenters. The van der Waals surface area contributed by atoms with Crippen LogP contribution in [0.5, 0.6) is 0 Å². The lowest BCUT2D eigenvalue weighted by atomic mass is 10.0. The smallest absolute Gasteiger partial charge is 0.333 e. The van der Waals surface area contributed by atoms with Crippen LogP contribution in [-0.4, -0.2) is 34.0 Å². The van der Waals surface area contributed by atoms with Crippen molar-refractivity contribution >= 4 is 15.9 Å². The van der Waals surface area contributed by atoms with Gasteiger partial charge in [-0.1, -0.05) is 13.5 Å². The van der Waals surface area contributed by atoms with Crippen LogP contribution in [0.25, 0.3) is 0 Å². The molecule has 0 saturated heterocycles. The van der Waals surface area contributed by atoms with Gasteiger partial charge in [-0.05, 0) is 45.6 Å². The van der Waals surface area contributed by atoms with E-state index < -0.39 is 9.93 Å². The minimum atomic E-state index is -2.13. The number of ether oxygens (including phenoxy) is 1. The minimum Gasteiger partial charge on any atom is -0.462 e. The predicted octanol–water partition coefficient (Wildman–Crippen LogP) is 2.33. The fourth-order valence-corrected chi connectivity index (χ4v) is 3.03. The van der Waals surface area contributed by atoms with Crippen molar-refractivity contribution in [1.29, 1.82) is 0 Å². The summed E-state index contributed by atoms with van der Waals surface area (Å²) in [5, 5.41) is 0. The third-order valence-corrected chi connectivity index (χ3v) is 6.64. The highest BCUT2D eigenvalue weighted by atomic mass is 32.2. The summed E-state index contributed by atoms with van der Waals surface area (Å²) in [5.74, 6) is -0.348. The second-order valence-electron chi connectivity index (χ2n) is 5.22. The van der Waals surface area contributed by atoms with Crippen LogP contribution >= 0.6 is 0 Å². The number of rotatable bonds is 7. The lowest BCUT2D eigenvalue weighted by Gasteiger charge is -2.36. The summed E-state index contributed by atoms with van der Waals surface area (Å²) in [6, 6.07) is 0. The number of esters is 1. The van der Waals surface area contributed by atoms with E-state index in [9.17, 15) is 9.00 Å². The van der Waals surface area contributed by atoms with Gasteiger partial charge < -0.3 is 4.74 Å². The number of carbonyl (C=O) groups is 1. The highest BCUT2D eigenvalue weighted by molar-refractivity contribution is 8.03. The fraction of sp³-hybridized carbons (Fsp3) is 0.769. The molecule has 0 aliphatic rings. The Morgan fingerprint density at radius 3 is 2.29 bits per heavy atom. The van der Waals surface area contributed by atoms with Crippen molar-refractivity contribution in [2.45, 2.75) is 44.8 Å². The first kappa shape index (κ1) is 16.4. The average Bonchev–Trinajstić information content (AvgIpc) is 2.21. The van der Waals surface area contributed by atoms with Crippen molar-refractivity contribution in [3.8, 4) is 0 Å². The molecule has 0 heterocycles. The summed E-state index contributed by atoms with van der Waals surface area (Å²) in [5.41, 5.74) is 0.417. The molecular formula is C13H26O3S. The molecule has 0 aliphatic heterocycles. The summed E-state index contributed by atoms with van der Waals surface area (Å²) in [6.07, 6.45) is 6.10. The quantitative estimate of drug-likeness (QED) is 0.331. The lowest BCUT2D eigenvalue weighted by Crippen LogP contribution is -2.38. The Kier molecular flexibility index (Phi) is 6.10. The summed E-state index contributed by atoms with van der Waals surface area (Å²) < 4.78 is 17.1. The van der Waals surface area contributed by atoms with Crippen molar-refractivity contribution in [3.63, 3.8) is 0 Å². The summed E-state index contributed by atoms with van der Waals surface area (Å²) in [4.78, 5) is 11.2.